The Morgan fingerprint density at radius 1 is 1.35 bits per heavy atom. The molecule has 2 rings (SSSR count). The highest BCUT2D eigenvalue weighted by molar-refractivity contribution is 5.82. The Hall–Kier alpha value is -1.49. The van der Waals surface area contributed by atoms with Gasteiger partial charge in [0.05, 0.1) is 13.1 Å². The topological polar surface area (TPSA) is 25.2 Å². The van der Waals surface area contributed by atoms with Gasteiger partial charge in [-0.25, -0.2) is 13.2 Å². The Morgan fingerprint density at radius 3 is 2.82 bits per heavy atom. The Labute approximate surface area is 96.4 Å². The molecule has 1 heterocycles. The molecular formula is C12H12F3NO. The number of nitrogens with one attached hydrogen (secondary N) is 1. The van der Waals surface area contributed by atoms with Crippen LogP contribution in [0.5, 0.6) is 0 Å². The second kappa shape index (κ2) is 4.79. The van der Waals surface area contributed by atoms with Crippen LogP contribution in [0.25, 0.3) is 11.0 Å². The molecule has 17 heavy (non-hydrogen) atoms. The van der Waals surface area contributed by atoms with E-state index in [0.717, 1.165) is 5.56 Å². The fourth-order valence-corrected chi connectivity index (χ4v) is 1.71. The molecule has 0 aliphatic heterocycles. The summed E-state index contributed by atoms with van der Waals surface area (Å²) in [6.07, 6.45) is -2.39. The zero-order valence-electron chi connectivity index (χ0n) is 9.27. The molecule has 0 atom stereocenters. The Kier molecular flexibility index (Phi) is 3.38. The predicted octanol–water partition coefficient (Wildman–Crippen LogP) is 3.24. The Bertz CT molecular complexity index is 522. The van der Waals surface area contributed by atoms with Gasteiger partial charge in [0.15, 0.2) is 0 Å². The first-order valence-electron chi connectivity index (χ1n) is 5.24. The minimum absolute atomic E-state index is 0.215. The van der Waals surface area contributed by atoms with E-state index in [1.54, 1.807) is 6.92 Å². The minimum Gasteiger partial charge on any atom is -0.459 e. The third-order valence-corrected chi connectivity index (χ3v) is 2.58. The van der Waals surface area contributed by atoms with Crippen LogP contribution in [0.3, 0.4) is 0 Å². The normalized spacial score (nSPS) is 11.6. The van der Waals surface area contributed by atoms with Gasteiger partial charge in [-0.3, -0.25) is 0 Å². The summed E-state index contributed by atoms with van der Waals surface area (Å²) in [5, 5.41) is 3.26. The van der Waals surface area contributed by atoms with Crippen molar-refractivity contribution >= 4 is 11.0 Å². The number of hydrogen-bond acceptors (Lipinski definition) is 2. The van der Waals surface area contributed by atoms with Crippen LogP contribution in [0.4, 0.5) is 13.2 Å². The van der Waals surface area contributed by atoms with Crippen molar-refractivity contribution in [2.24, 2.45) is 0 Å². The maximum Gasteiger partial charge on any atom is 0.250 e. The second-order valence-electron chi connectivity index (χ2n) is 3.81. The summed E-state index contributed by atoms with van der Waals surface area (Å²) >= 11 is 0. The predicted molar refractivity (Wildman–Crippen MR) is 58.6 cm³/mol. The highest BCUT2D eigenvalue weighted by Gasteiger charge is 2.11. The largest absolute Gasteiger partial charge is 0.459 e. The molecule has 2 aromatic rings. The van der Waals surface area contributed by atoms with E-state index >= 15 is 0 Å². The molecule has 1 aromatic heterocycles. The Balaban J connectivity index is 2.20. The lowest BCUT2D eigenvalue weighted by Gasteiger charge is -2.01. The number of aryl methyl sites for hydroxylation is 1. The monoisotopic (exact) mass is 243 g/mol. The van der Waals surface area contributed by atoms with Crippen molar-refractivity contribution in [2.45, 2.75) is 19.9 Å². The van der Waals surface area contributed by atoms with E-state index in [2.05, 4.69) is 5.32 Å². The fraction of sp³-hybridized carbons (Fsp3) is 0.333. The molecule has 2 nitrogen and oxygen atoms in total. The molecule has 0 fully saturated rings. The van der Waals surface area contributed by atoms with Crippen molar-refractivity contribution in [3.8, 4) is 0 Å². The van der Waals surface area contributed by atoms with Crippen molar-refractivity contribution in [2.75, 3.05) is 6.54 Å². The van der Waals surface area contributed by atoms with Gasteiger partial charge in [0.1, 0.15) is 17.2 Å². The van der Waals surface area contributed by atoms with E-state index < -0.39 is 6.43 Å². The highest BCUT2D eigenvalue weighted by atomic mass is 19.3. The van der Waals surface area contributed by atoms with Gasteiger partial charge in [0.25, 0.3) is 6.43 Å². The summed E-state index contributed by atoms with van der Waals surface area (Å²) in [6.45, 7) is 1.61. The van der Waals surface area contributed by atoms with Crippen molar-refractivity contribution in [1.29, 1.82) is 0 Å². The fourth-order valence-electron chi connectivity index (χ4n) is 1.71. The van der Waals surface area contributed by atoms with Gasteiger partial charge in [0, 0.05) is 5.39 Å². The van der Waals surface area contributed by atoms with E-state index in [9.17, 15) is 13.2 Å². The smallest absolute Gasteiger partial charge is 0.250 e. The van der Waals surface area contributed by atoms with Crippen LogP contribution >= 0.6 is 0 Å². The van der Waals surface area contributed by atoms with Crippen LogP contribution in [0.15, 0.2) is 22.6 Å². The maximum absolute atomic E-state index is 13.0. The zero-order valence-corrected chi connectivity index (χ0v) is 9.27. The van der Waals surface area contributed by atoms with E-state index in [0.29, 0.717) is 16.7 Å². The number of halogens is 3. The summed E-state index contributed by atoms with van der Waals surface area (Å²) in [6, 6.07) is 4.22. The molecule has 0 unspecified atom stereocenters. The third kappa shape index (κ3) is 2.61. The summed E-state index contributed by atoms with van der Waals surface area (Å²) in [4.78, 5) is 0. The lowest BCUT2D eigenvalue weighted by Crippen LogP contribution is -2.20. The molecule has 92 valence electrons. The van der Waals surface area contributed by atoms with Crippen LogP contribution < -0.4 is 5.32 Å². The molecule has 5 heteroatoms. The summed E-state index contributed by atoms with van der Waals surface area (Å²) in [5.74, 6) is 0.222. The van der Waals surface area contributed by atoms with Crippen LogP contribution in [0.1, 0.15) is 11.3 Å². The SMILES string of the molecule is Cc1c(CNCC(F)F)oc2ccc(F)cc12. The molecule has 0 bridgehead atoms. The molecule has 0 aliphatic rings. The molecule has 0 saturated carbocycles. The number of hydrogen-bond donors (Lipinski definition) is 1. The average molecular weight is 243 g/mol. The summed E-state index contributed by atoms with van der Waals surface area (Å²) in [5.41, 5.74) is 1.35. The van der Waals surface area contributed by atoms with Crippen molar-refractivity contribution in [1.82, 2.24) is 5.32 Å². The molecule has 0 spiro atoms. The van der Waals surface area contributed by atoms with E-state index in [1.807, 2.05) is 0 Å². The molecule has 0 aliphatic carbocycles. The number of alkyl halides is 2. The van der Waals surface area contributed by atoms with E-state index in [-0.39, 0.29) is 18.9 Å². The van der Waals surface area contributed by atoms with Crippen LogP contribution in [0, 0.1) is 12.7 Å². The first-order chi connectivity index (χ1) is 8.08. The first kappa shape index (κ1) is 12.0. The Morgan fingerprint density at radius 2 is 2.12 bits per heavy atom. The number of fused-ring (bicyclic) bond motifs is 1. The van der Waals surface area contributed by atoms with E-state index in [4.69, 9.17) is 4.42 Å². The number of benzene rings is 1. The van der Waals surface area contributed by atoms with Gasteiger partial charge in [-0.05, 0) is 30.7 Å². The third-order valence-electron chi connectivity index (χ3n) is 2.58. The lowest BCUT2D eigenvalue weighted by atomic mass is 10.1. The van der Waals surface area contributed by atoms with Crippen LogP contribution in [-0.4, -0.2) is 13.0 Å². The first-order valence-corrected chi connectivity index (χ1v) is 5.24. The van der Waals surface area contributed by atoms with Crippen LogP contribution in [-0.2, 0) is 6.54 Å². The van der Waals surface area contributed by atoms with Gasteiger partial charge >= 0.3 is 0 Å². The molecule has 1 N–H and O–H groups in total. The van der Waals surface area contributed by atoms with Gasteiger partial charge in [-0.1, -0.05) is 0 Å². The lowest BCUT2D eigenvalue weighted by molar-refractivity contribution is 0.145. The van der Waals surface area contributed by atoms with Crippen LogP contribution in [0.2, 0.25) is 0 Å². The zero-order chi connectivity index (χ0) is 12.4. The molecule has 0 amide bonds. The molecule has 0 radical (unpaired) electrons. The van der Waals surface area contributed by atoms with Gasteiger partial charge in [0.2, 0.25) is 0 Å². The number of furan rings is 1. The quantitative estimate of drug-likeness (QED) is 0.891. The van der Waals surface area contributed by atoms with Crippen molar-refractivity contribution < 1.29 is 17.6 Å². The summed E-state index contributed by atoms with van der Waals surface area (Å²) in [7, 11) is 0. The second-order valence-corrected chi connectivity index (χ2v) is 3.81. The van der Waals surface area contributed by atoms with E-state index in [1.165, 1.54) is 18.2 Å². The molecule has 1 aromatic carbocycles. The maximum atomic E-state index is 13.0. The minimum atomic E-state index is -2.39. The molecular weight excluding hydrogens is 231 g/mol. The summed E-state index contributed by atoms with van der Waals surface area (Å²) < 4.78 is 42.4. The molecule has 0 saturated heterocycles. The average Bonchev–Trinajstić information content (AvgIpc) is 2.56. The van der Waals surface area contributed by atoms with Gasteiger partial charge in [-0.2, -0.15) is 0 Å². The van der Waals surface area contributed by atoms with Crippen molar-refractivity contribution in [3.05, 3.63) is 35.3 Å². The van der Waals surface area contributed by atoms with Crippen molar-refractivity contribution in [3.63, 3.8) is 0 Å². The highest BCUT2D eigenvalue weighted by Crippen LogP contribution is 2.25. The van der Waals surface area contributed by atoms with Gasteiger partial charge < -0.3 is 9.73 Å². The van der Waals surface area contributed by atoms with Gasteiger partial charge in [-0.15, -0.1) is 0 Å². The standard InChI is InChI=1S/C12H12F3NO/c1-7-9-4-8(13)2-3-10(9)17-11(7)5-16-6-12(14)15/h2-4,12,16H,5-6H2,1H3. The number of rotatable bonds is 4.